The first-order valence-electron chi connectivity index (χ1n) is 21.6. The smallest absolute Gasteiger partial charge is 0.339 e. The van der Waals surface area contributed by atoms with Gasteiger partial charge in [-0.05, 0) is 47.7 Å². The SMILES string of the molecule is CC(=O)OC[C@@H]1O[C@H](O[C@@](CC(=O)OCc2ccc(O[C@H]3O[C@H](CO)[C@H](O)[C@@H](O)[C@H]3O)cc2)(CC(C)C)C(=O)OCc2ccc(O[C@@H]3O[C@H](CO)[C@@H](O)[C@H](O)[C@H]3O)cc2)[C@H](O)[C@@H](OC(C)=O)[C@@H]1O. The second kappa shape index (κ2) is 24.3. The van der Waals surface area contributed by atoms with Crippen molar-refractivity contribution in [2.45, 2.75) is 151 Å². The summed E-state index contributed by atoms with van der Waals surface area (Å²) in [5.41, 5.74) is -1.58. The third kappa shape index (κ3) is 13.8. The lowest BCUT2D eigenvalue weighted by Crippen LogP contribution is -2.63. The molecule has 2 aromatic rings. The predicted octanol–water partition coefficient (Wildman–Crippen LogP) is -3.04. The molecule has 24 heteroatoms. The number of benzene rings is 2. The zero-order valence-electron chi connectivity index (χ0n) is 37.5. The second-order valence-corrected chi connectivity index (χ2v) is 16.9. The van der Waals surface area contributed by atoms with Gasteiger partial charge in [-0.3, -0.25) is 14.4 Å². The van der Waals surface area contributed by atoms with Gasteiger partial charge >= 0.3 is 23.9 Å². The van der Waals surface area contributed by atoms with Crippen LogP contribution in [0.4, 0.5) is 0 Å². The molecule has 3 aliphatic heterocycles. The van der Waals surface area contributed by atoms with E-state index in [1.165, 1.54) is 48.5 Å². The number of hydrogen-bond acceptors (Lipinski definition) is 24. The molecular weight excluding hydrogens is 912 g/mol. The van der Waals surface area contributed by atoms with E-state index in [1.54, 1.807) is 13.8 Å². The molecule has 5 rings (SSSR count). The molecule has 0 bridgehead atoms. The van der Waals surface area contributed by atoms with E-state index in [-0.39, 0.29) is 24.5 Å². The lowest BCUT2D eigenvalue weighted by molar-refractivity contribution is -0.328. The Hall–Kier alpha value is -4.64. The molecule has 0 spiro atoms. The van der Waals surface area contributed by atoms with Crippen LogP contribution < -0.4 is 9.47 Å². The highest BCUT2D eigenvalue weighted by atomic mass is 16.7. The Balaban J connectivity index is 1.35. The Morgan fingerprint density at radius 2 is 1.04 bits per heavy atom. The van der Waals surface area contributed by atoms with Crippen LogP contribution >= 0.6 is 0 Å². The first kappa shape index (κ1) is 54.3. The molecule has 16 atom stereocenters. The van der Waals surface area contributed by atoms with Crippen molar-refractivity contribution >= 4 is 23.9 Å². The minimum Gasteiger partial charge on any atom is -0.463 e. The van der Waals surface area contributed by atoms with E-state index in [9.17, 15) is 70.2 Å². The van der Waals surface area contributed by atoms with Crippen LogP contribution in [0.15, 0.2) is 48.5 Å². The van der Waals surface area contributed by atoms with Crippen molar-refractivity contribution in [1.29, 1.82) is 0 Å². The number of esters is 4. The topological polar surface area (TPSA) is 363 Å². The van der Waals surface area contributed by atoms with Crippen LogP contribution in [0.5, 0.6) is 11.5 Å². The number of ether oxygens (including phenoxy) is 10. The van der Waals surface area contributed by atoms with Crippen LogP contribution in [0.2, 0.25) is 0 Å². The summed E-state index contributed by atoms with van der Waals surface area (Å²) in [5.74, 6) is -4.07. The summed E-state index contributed by atoms with van der Waals surface area (Å²) in [4.78, 5) is 52.0. The molecule has 10 N–H and O–H groups in total. The average Bonchev–Trinajstić information content (AvgIpc) is 3.30. The fraction of sp³-hybridized carbons (Fsp3) is 0.636. The summed E-state index contributed by atoms with van der Waals surface area (Å²) in [7, 11) is 0. The Morgan fingerprint density at radius 3 is 1.49 bits per heavy atom. The number of aliphatic hydroxyl groups is 10. The van der Waals surface area contributed by atoms with E-state index in [0.29, 0.717) is 11.1 Å². The largest absolute Gasteiger partial charge is 0.463 e. The fourth-order valence-corrected chi connectivity index (χ4v) is 7.57. The van der Waals surface area contributed by atoms with Gasteiger partial charge in [0, 0.05) is 13.8 Å². The zero-order chi connectivity index (χ0) is 50.0. The molecule has 380 valence electrons. The summed E-state index contributed by atoms with van der Waals surface area (Å²) in [6.07, 6.45) is -25.3. The Bertz CT molecular complexity index is 1950. The molecule has 3 aliphatic rings. The standard InChI is InChI=1S/C44H60O24/c1-20(2)13-44(68-42-38(57)39(62-22(4)48)33(52)29(67-42)19-59-21(3)47,43(58)61-18-24-7-11-26(12-8-24)64-41-37(56)35(54)32(51)28(16-46)66-41)14-30(49)60-17-23-5-9-25(10-6-23)63-40-36(55)34(53)31(50)27(15-45)65-40/h5-12,20,27-29,31-42,45-46,50-57H,13-19H2,1-4H3/t27-,28-,29+,31+,32-,33-,34-,35+,36-,37-,38-,39+,40+,41-,42-,44-/m1/s1. The molecule has 0 saturated carbocycles. The minimum absolute atomic E-state index is 0.108. The van der Waals surface area contributed by atoms with Crippen molar-refractivity contribution in [3.63, 3.8) is 0 Å². The van der Waals surface area contributed by atoms with Crippen LogP contribution in [0.25, 0.3) is 0 Å². The van der Waals surface area contributed by atoms with Crippen molar-refractivity contribution in [1.82, 2.24) is 0 Å². The van der Waals surface area contributed by atoms with Gasteiger partial charge in [-0.2, -0.15) is 0 Å². The van der Waals surface area contributed by atoms with Crippen molar-refractivity contribution in [2.24, 2.45) is 5.92 Å². The number of aliphatic hydroxyl groups excluding tert-OH is 10. The number of rotatable bonds is 20. The van der Waals surface area contributed by atoms with Gasteiger partial charge in [0.1, 0.15) is 98.5 Å². The van der Waals surface area contributed by atoms with E-state index in [2.05, 4.69) is 0 Å². The van der Waals surface area contributed by atoms with E-state index >= 15 is 0 Å². The number of carbonyl (C=O) groups is 4. The van der Waals surface area contributed by atoms with Gasteiger partial charge < -0.3 is 98.4 Å². The van der Waals surface area contributed by atoms with Gasteiger partial charge in [0.15, 0.2) is 18.0 Å². The van der Waals surface area contributed by atoms with Crippen molar-refractivity contribution in [3.05, 3.63) is 59.7 Å². The van der Waals surface area contributed by atoms with E-state index in [1.807, 2.05) is 0 Å². The van der Waals surface area contributed by atoms with Gasteiger partial charge in [0.2, 0.25) is 12.6 Å². The van der Waals surface area contributed by atoms with E-state index in [4.69, 9.17) is 47.4 Å². The summed E-state index contributed by atoms with van der Waals surface area (Å²) in [6.45, 7) is 2.70. The van der Waals surface area contributed by atoms with Crippen LogP contribution in [-0.4, -0.2) is 192 Å². The molecular formula is C44H60O24. The Labute approximate surface area is 389 Å². The summed E-state index contributed by atoms with van der Waals surface area (Å²) in [6, 6.07) is 11.5. The number of hydrogen-bond donors (Lipinski definition) is 10. The highest BCUT2D eigenvalue weighted by Crippen LogP contribution is 2.35. The molecule has 3 saturated heterocycles. The third-order valence-corrected chi connectivity index (χ3v) is 11.1. The molecule has 24 nitrogen and oxygen atoms in total. The van der Waals surface area contributed by atoms with Crippen LogP contribution in [-0.2, 0) is 70.3 Å². The molecule has 0 amide bonds. The first-order valence-corrected chi connectivity index (χ1v) is 21.6. The van der Waals surface area contributed by atoms with Gasteiger partial charge in [0.25, 0.3) is 0 Å². The molecule has 3 fully saturated rings. The lowest BCUT2D eigenvalue weighted by atomic mass is 9.88. The summed E-state index contributed by atoms with van der Waals surface area (Å²) in [5, 5.41) is 102. The van der Waals surface area contributed by atoms with Crippen LogP contribution in [0.1, 0.15) is 51.7 Å². The maximum atomic E-state index is 14.5. The Kier molecular flexibility index (Phi) is 19.4. The molecule has 2 aromatic carbocycles. The molecule has 3 heterocycles. The van der Waals surface area contributed by atoms with Gasteiger partial charge in [0.05, 0.1) is 19.6 Å². The first-order chi connectivity index (χ1) is 32.2. The quantitative estimate of drug-likeness (QED) is 0.0466. The predicted molar refractivity (Wildman–Crippen MR) is 222 cm³/mol. The lowest BCUT2D eigenvalue weighted by Gasteiger charge is -2.44. The third-order valence-electron chi connectivity index (χ3n) is 11.1. The minimum atomic E-state index is -2.33. The highest BCUT2D eigenvalue weighted by Gasteiger charge is 2.54. The monoisotopic (exact) mass is 972 g/mol. The summed E-state index contributed by atoms with van der Waals surface area (Å²) < 4.78 is 55.6. The second-order valence-electron chi connectivity index (χ2n) is 16.9. The average molecular weight is 973 g/mol. The zero-order valence-corrected chi connectivity index (χ0v) is 37.5. The summed E-state index contributed by atoms with van der Waals surface area (Å²) >= 11 is 0. The van der Waals surface area contributed by atoms with Crippen molar-refractivity contribution in [3.8, 4) is 11.5 Å². The molecule has 0 radical (unpaired) electrons. The molecule has 0 aliphatic carbocycles. The highest BCUT2D eigenvalue weighted by molar-refractivity contribution is 5.86. The Morgan fingerprint density at radius 1 is 0.574 bits per heavy atom. The van der Waals surface area contributed by atoms with Gasteiger partial charge in [-0.1, -0.05) is 38.1 Å². The molecule has 0 aromatic heterocycles. The van der Waals surface area contributed by atoms with Crippen molar-refractivity contribution < 1.29 is 118 Å². The van der Waals surface area contributed by atoms with Crippen LogP contribution in [0.3, 0.4) is 0 Å². The maximum absolute atomic E-state index is 14.5. The van der Waals surface area contributed by atoms with Crippen LogP contribution in [0, 0.1) is 5.92 Å². The maximum Gasteiger partial charge on any atom is 0.339 e. The molecule has 0 unspecified atom stereocenters. The van der Waals surface area contributed by atoms with E-state index < -0.39 is 160 Å². The number of carbonyl (C=O) groups excluding carboxylic acids is 4. The van der Waals surface area contributed by atoms with Gasteiger partial charge in [-0.25, -0.2) is 4.79 Å². The fourth-order valence-electron chi connectivity index (χ4n) is 7.57. The molecule has 68 heavy (non-hydrogen) atoms. The normalized spacial score (nSPS) is 32.6. The van der Waals surface area contributed by atoms with Crippen molar-refractivity contribution in [2.75, 3.05) is 19.8 Å². The van der Waals surface area contributed by atoms with E-state index in [0.717, 1.165) is 13.8 Å². The van der Waals surface area contributed by atoms with Gasteiger partial charge in [-0.15, -0.1) is 0 Å².